The highest BCUT2D eigenvalue weighted by molar-refractivity contribution is 5.78. The highest BCUT2D eigenvalue weighted by Crippen LogP contribution is 2.60. The predicted octanol–water partition coefficient (Wildman–Crippen LogP) is 2.69. The molecule has 0 saturated heterocycles. The van der Waals surface area contributed by atoms with Gasteiger partial charge in [0.25, 0.3) is 0 Å². The standard InChI is InChI=1S/C20H28N2O2/c1-20-9-8-15-14-5-3-13(23)10-12(14)2-4-16(15)17(20)6-7-18(20)22-19(24)11-21/h3,5,10,15-18,23H,2,4,6-9,11,21H2,1H3,(H,22,24)/t15-,16-,17+,18+,20+/m1/s1. The number of phenolic OH excluding ortho intramolecular Hbond substituents is 1. The van der Waals surface area contributed by atoms with Gasteiger partial charge < -0.3 is 16.2 Å². The zero-order valence-corrected chi connectivity index (χ0v) is 14.4. The highest BCUT2D eigenvalue weighted by atomic mass is 16.3. The number of hydrogen-bond acceptors (Lipinski definition) is 3. The molecule has 3 aliphatic rings. The monoisotopic (exact) mass is 328 g/mol. The van der Waals surface area contributed by atoms with Crippen molar-refractivity contribution in [3.63, 3.8) is 0 Å². The van der Waals surface area contributed by atoms with Crippen molar-refractivity contribution in [1.29, 1.82) is 0 Å². The van der Waals surface area contributed by atoms with Gasteiger partial charge in [0.1, 0.15) is 5.75 Å². The first kappa shape index (κ1) is 15.9. The lowest BCUT2D eigenvalue weighted by molar-refractivity contribution is -0.121. The van der Waals surface area contributed by atoms with E-state index < -0.39 is 0 Å². The fraction of sp³-hybridized carbons (Fsp3) is 0.650. The maximum absolute atomic E-state index is 11.8. The van der Waals surface area contributed by atoms with E-state index in [4.69, 9.17) is 5.73 Å². The van der Waals surface area contributed by atoms with Gasteiger partial charge in [-0.1, -0.05) is 13.0 Å². The minimum Gasteiger partial charge on any atom is -0.508 e. The number of hydrogen-bond donors (Lipinski definition) is 3. The average Bonchev–Trinajstić information content (AvgIpc) is 2.90. The number of phenols is 1. The minimum absolute atomic E-state index is 0.0199. The molecule has 24 heavy (non-hydrogen) atoms. The summed E-state index contributed by atoms with van der Waals surface area (Å²) in [5.41, 5.74) is 8.51. The topological polar surface area (TPSA) is 75.3 Å². The van der Waals surface area contributed by atoms with Crippen LogP contribution >= 0.6 is 0 Å². The van der Waals surface area contributed by atoms with E-state index in [2.05, 4.69) is 18.3 Å². The fourth-order valence-electron chi connectivity index (χ4n) is 6.06. The molecule has 0 unspecified atom stereocenters. The summed E-state index contributed by atoms with van der Waals surface area (Å²) < 4.78 is 0. The maximum Gasteiger partial charge on any atom is 0.233 e. The summed E-state index contributed by atoms with van der Waals surface area (Å²) in [6, 6.07) is 6.22. The number of aryl methyl sites for hydroxylation is 1. The summed E-state index contributed by atoms with van der Waals surface area (Å²) in [6.07, 6.45) is 6.91. The molecule has 4 rings (SSSR count). The van der Waals surface area contributed by atoms with Crippen LogP contribution in [0.3, 0.4) is 0 Å². The van der Waals surface area contributed by atoms with Crippen molar-refractivity contribution in [2.45, 2.75) is 57.4 Å². The Morgan fingerprint density at radius 1 is 1.33 bits per heavy atom. The molecule has 1 aromatic carbocycles. The molecule has 130 valence electrons. The first-order chi connectivity index (χ1) is 11.5. The molecule has 0 bridgehead atoms. The Bertz CT molecular complexity index is 659. The number of carbonyl (C=O) groups is 1. The number of rotatable bonds is 2. The van der Waals surface area contributed by atoms with Crippen molar-refractivity contribution in [2.75, 3.05) is 6.54 Å². The normalized spacial score (nSPS) is 37.2. The summed E-state index contributed by atoms with van der Waals surface area (Å²) >= 11 is 0. The Labute approximate surface area is 143 Å². The highest BCUT2D eigenvalue weighted by Gasteiger charge is 2.54. The molecule has 2 fully saturated rings. The molecule has 4 nitrogen and oxygen atoms in total. The molecular weight excluding hydrogens is 300 g/mol. The summed E-state index contributed by atoms with van der Waals surface area (Å²) in [4.78, 5) is 11.8. The second-order valence-corrected chi connectivity index (χ2v) is 8.24. The van der Waals surface area contributed by atoms with Crippen LogP contribution in [-0.4, -0.2) is 23.6 Å². The Balaban J connectivity index is 1.60. The Hall–Kier alpha value is -1.55. The van der Waals surface area contributed by atoms with Crippen molar-refractivity contribution in [1.82, 2.24) is 5.32 Å². The molecule has 1 amide bonds. The summed E-state index contributed by atoms with van der Waals surface area (Å²) in [5.74, 6) is 2.38. The molecule has 5 atom stereocenters. The third-order valence-corrected chi connectivity index (χ3v) is 7.23. The van der Waals surface area contributed by atoms with E-state index in [-0.39, 0.29) is 23.9 Å². The number of carbonyl (C=O) groups excluding carboxylic acids is 1. The van der Waals surface area contributed by atoms with E-state index in [9.17, 15) is 9.90 Å². The molecule has 0 spiro atoms. The lowest BCUT2D eigenvalue weighted by Gasteiger charge is -2.51. The van der Waals surface area contributed by atoms with Crippen molar-refractivity contribution in [3.8, 4) is 5.75 Å². The molecule has 4 heteroatoms. The van der Waals surface area contributed by atoms with Gasteiger partial charge in [0, 0.05) is 6.04 Å². The van der Waals surface area contributed by atoms with Crippen LogP contribution in [0.1, 0.15) is 56.1 Å². The van der Waals surface area contributed by atoms with Gasteiger partial charge in [-0.05, 0) is 85.0 Å². The third kappa shape index (κ3) is 2.34. The van der Waals surface area contributed by atoms with Gasteiger partial charge in [-0.2, -0.15) is 0 Å². The van der Waals surface area contributed by atoms with E-state index >= 15 is 0 Å². The van der Waals surface area contributed by atoms with Gasteiger partial charge in [-0.15, -0.1) is 0 Å². The van der Waals surface area contributed by atoms with Crippen LogP contribution < -0.4 is 11.1 Å². The summed E-state index contributed by atoms with van der Waals surface area (Å²) in [7, 11) is 0. The number of fused-ring (bicyclic) bond motifs is 5. The number of nitrogens with two attached hydrogens (primary N) is 1. The van der Waals surface area contributed by atoms with Crippen LogP contribution in [0.2, 0.25) is 0 Å². The van der Waals surface area contributed by atoms with Crippen LogP contribution in [0.5, 0.6) is 5.75 Å². The molecule has 0 aromatic heterocycles. The van der Waals surface area contributed by atoms with Crippen LogP contribution in [0.25, 0.3) is 0 Å². The second kappa shape index (κ2) is 5.76. The van der Waals surface area contributed by atoms with E-state index in [1.54, 1.807) is 0 Å². The van der Waals surface area contributed by atoms with Crippen molar-refractivity contribution >= 4 is 5.91 Å². The first-order valence-electron chi connectivity index (χ1n) is 9.34. The lowest BCUT2D eigenvalue weighted by atomic mass is 9.55. The first-order valence-corrected chi connectivity index (χ1v) is 9.34. The molecule has 1 aromatic rings. The quantitative estimate of drug-likeness (QED) is 0.781. The Morgan fingerprint density at radius 3 is 2.96 bits per heavy atom. The van der Waals surface area contributed by atoms with Gasteiger partial charge in [0.05, 0.1) is 6.54 Å². The van der Waals surface area contributed by atoms with Gasteiger partial charge >= 0.3 is 0 Å². The van der Waals surface area contributed by atoms with Crippen LogP contribution in [-0.2, 0) is 11.2 Å². The van der Waals surface area contributed by atoms with Crippen LogP contribution in [0.4, 0.5) is 0 Å². The average molecular weight is 328 g/mol. The predicted molar refractivity (Wildman–Crippen MR) is 93.7 cm³/mol. The molecule has 3 aliphatic carbocycles. The van der Waals surface area contributed by atoms with Gasteiger partial charge in [-0.3, -0.25) is 4.79 Å². The van der Waals surface area contributed by atoms with Gasteiger partial charge in [0.2, 0.25) is 5.91 Å². The Kier molecular flexibility index (Phi) is 3.83. The van der Waals surface area contributed by atoms with E-state index in [1.807, 2.05) is 12.1 Å². The molecule has 4 N–H and O–H groups in total. The van der Waals surface area contributed by atoms with E-state index in [1.165, 1.54) is 30.4 Å². The fourth-order valence-corrected chi connectivity index (χ4v) is 6.06. The number of nitrogens with one attached hydrogen (secondary N) is 1. The summed E-state index contributed by atoms with van der Waals surface area (Å²) in [5, 5.41) is 13.0. The SMILES string of the molecule is C[C@]12CC[C@@H]3c4ccc(O)cc4CC[C@H]3[C@@H]1CC[C@@H]2NC(=O)CN. The van der Waals surface area contributed by atoms with Gasteiger partial charge in [0.15, 0.2) is 0 Å². The third-order valence-electron chi connectivity index (χ3n) is 7.23. The zero-order valence-electron chi connectivity index (χ0n) is 14.4. The van der Waals surface area contributed by atoms with Crippen molar-refractivity contribution < 1.29 is 9.90 Å². The van der Waals surface area contributed by atoms with E-state index in [0.717, 1.165) is 19.3 Å². The van der Waals surface area contributed by atoms with Crippen molar-refractivity contribution in [2.24, 2.45) is 23.0 Å². The van der Waals surface area contributed by atoms with E-state index in [0.29, 0.717) is 23.5 Å². The number of benzene rings is 1. The molecule has 0 radical (unpaired) electrons. The van der Waals surface area contributed by atoms with Crippen LogP contribution in [0.15, 0.2) is 18.2 Å². The van der Waals surface area contributed by atoms with Gasteiger partial charge in [-0.25, -0.2) is 0 Å². The largest absolute Gasteiger partial charge is 0.508 e. The number of amides is 1. The minimum atomic E-state index is -0.0199. The maximum atomic E-state index is 11.8. The van der Waals surface area contributed by atoms with Crippen LogP contribution in [0, 0.1) is 17.3 Å². The molecular formula is C20H28N2O2. The molecule has 2 saturated carbocycles. The zero-order chi connectivity index (χ0) is 16.9. The van der Waals surface area contributed by atoms with Crippen molar-refractivity contribution in [3.05, 3.63) is 29.3 Å². The summed E-state index contributed by atoms with van der Waals surface area (Å²) in [6.45, 7) is 2.47. The lowest BCUT2D eigenvalue weighted by Crippen LogP contribution is -2.51. The Morgan fingerprint density at radius 2 is 2.17 bits per heavy atom. The molecule has 0 aliphatic heterocycles. The second-order valence-electron chi connectivity index (χ2n) is 8.24. The molecule has 0 heterocycles. The number of aromatic hydroxyl groups is 1. The smallest absolute Gasteiger partial charge is 0.233 e.